The topological polar surface area (TPSA) is 118 Å². The van der Waals surface area contributed by atoms with Gasteiger partial charge in [0.25, 0.3) is 0 Å². The van der Waals surface area contributed by atoms with Crippen LogP contribution >= 0.6 is 38.6 Å². The van der Waals surface area contributed by atoms with Crippen molar-refractivity contribution in [2.45, 2.75) is 91.8 Å². The summed E-state index contributed by atoms with van der Waals surface area (Å²) < 4.78 is 20.0. The van der Waals surface area contributed by atoms with Crippen molar-refractivity contribution < 1.29 is 28.9 Å². The zero-order chi connectivity index (χ0) is 37.1. The third-order valence-corrected chi connectivity index (χ3v) is 10.9. The van der Waals surface area contributed by atoms with Crippen molar-refractivity contribution in [3.63, 3.8) is 0 Å². The molecule has 2 fully saturated rings. The minimum atomic E-state index is -0.450. The number of hydrogen-bond acceptors (Lipinski definition) is 10. The molecule has 0 unspecified atom stereocenters. The fourth-order valence-corrected chi connectivity index (χ4v) is 8.47. The molecular weight excluding hydrogens is 754 g/mol. The monoisotopic (exact) mass is 813 g/mol. The number of ether oxygens (including phenoxy) is 3. The lowest BCUT2D eigenvalue weighted by atomic mass is 9.91. The number of nitrogens with zero attached hydrogens (tertiary/aromatic N) is 4. The maximum absolute atomic E-state index is 12.2. The number of aliphatic hydroxyl groups excluding tert-OH is 1. The van der Waals surface area contributed by atoms with Crippen LogP contribution in [0, 0.1) is 5.92 Å². The number of nitrogens with one attached hydrogen (secondary N) is 1. The standard InChI is InChI=1S/C17H24N2O2S.C16H24BrN3O2S.C3H8O2.CH4/c1-17(2,3)21-16(20)19-8-5-12(6-9-19)13-11-18(4)14-7-10-22-15(13)14;1-16(2,3)22-15(21)20-8-5-11(6-9-20)13(19-18-4)14-12(17)7-10-23-14;1-5-3-2-4;/h7,10-12H,5-6,8-9H2,1-4H3;7,10-11,18H,5-6,8-9H2,1-4H3;4H,2-3H2,1H3;1H4/b;19-13+;;. The number of hydrogen-bond donors (Lipinski definition) is 2. The first-order chi connectivity index (χ1) is 23.6. The van der Waals surface area contributed by atoms with Crippen molar-refractivity contribution in [1.82, 2.24) is 19.8 Å². The number of amides is 2. The van der Waals surface area contributed by atoms with E-state index in [1.165, 1.54) is 15.8 Å². The Morgan fingerprint density at radius 2 is 1.47 bits per heavy atom. The number of aryl methyl sites for hydroxylation is 1. The summed E-state index contributed by atoms with van der Waals surface area (Å²) >= 11 is 7.09. The van der Waals surface area contributed by atoms with Crippen LogP contribution in [-0.2, 0) is 21.3 Å². The first-order valence-corrected chi connectivity index (χ1v) is 19.7. The van der Waals surface area contributed by atoms with Crippen molar-refractivity contribution in [2.75, 3.05) is 53.6 Å². The van der Waals surface area contributed by atoms with E-state index in [1.807, 2.05) is 70.9 Å². The first-order valence-electron chi connectivity index (χ1n) is 17.1. The zero-order valence-corrected chi connectivity index (χ0v) is 34.3. The third-order valence-electron chi connectivity index (χ3n) is 8.12. The van der Waals surface area contributed by atoms with Gasteiger partial charge in [-0.1, -0.05) is 7.43 Å². The highest BCUT2D eigenvalue weighted by molar-refractivity contribution is 9.10. The van der Waals surface area contributed by atoms with Crippen LogP contribution in [0.4, 0.5) is 9.59 Å². The lowest BCUT2D eigenvalue weighted by molar-refractivity contribution is 0.0193. The highest BCUT2D eigenvalue weighted by Crippen LogP contribution is 2.37. The fraction of sp³-hybridized carbons (Fsp3) is 0.649. The van der Waals surface area contributed by atoms with Gasteiger partial charge in [-0.15, -0.1) is 22.7 Å². The Bertz CT molecular complexity index is 1520. The van der Waals surface area contributed by atoms with Gasteiger partial charge in [0.2, 0.25) is 0 Å². The highest BCUT2D eigenvalue weighted by Gasteiger charge is 2.31. The molecule has 0 aromatic carbocycles. The van der Waals surface area contributed by atoms with E-state index < -0.39 is 11.2 Å². The molecule has 5 heterocycles. The van der Waals surface area contributed by atoms with Crippen LogP contribution in [0.3, 0.4) is 0 Å². The fourth-order valence-electron chi connectivity index (χ4n) is 5.80. The number of rotatable bonds is 6. The molecule has 5 rings (SSSR count). The highest BCUT2D eigenvalue weighted by atomic mass is 79.9. The summed E-state index contributed by atoms with van der Waals surface area (Å²) in [5.74, 6) is 0.886. The number of likely N-dealkylation sites (tertiary alicyclic amines) is 2. The van der Waals surface area contributed by atoms with E-state index in [-0.39, 0.29) is 26.2 Å². The second-order valence-corrected chi connectivity index (χ2v) is 17.0. The molecule has 0 bridgehead atoms. The molecule has 288 valence electrons. The van der Waals surface area contributed by atoms with Gasteiger partial charge >= 0.3 is 12.2 Å². The van der Waals surface area contributed by atoms with Gasteiger partial charge in [0.1, 0.15) is 11.2 Å². The summed E-state index contributed by atoms with van der Waals surface area (Å²) in [7, 11) is 5.47. The second-order valence-electron chi connectivity index (χ2n) is 14.3. The smallest absolute Gasteiger partial charge is 0.410 e. The summed E-state index contributed by atoms with van der Waals surface area (Å²) in [6, 6.07) is 4.22. The van der Waals surface area contributed by atoms with Crippen LogP contribution < -0.4 is 5.43 Å². The molecule has 3 aromatic rings. The van der Waals surface area contributed by atoms with Crippen LogP contribution in [0.15, 0.2) is 38.7 Å². The number of halogens is 1. The molecule has 0 saturated carbocycles. The van der Waals surface area contributed by atoms with E-state index >= 15 is 0 Å². The number of fused-ring (bicyclic) bond motifs is 1. The largest absolute Gasteiger partial charge is 0.444 e. The molecule has 0 radical (unpaired) electrons. The maximum atomic E-state index is 12.2. The van der Waals surface area contributed by atoms with Crippen molar-refractivity contribution >= 4 is 66.7 Å². The molecule has 2 N–H and O–H groups in total. The summed E-state index contributed by atoms with van der Waals surface area (Å²) in [5, 5.41) is 16.6. The lowest BCUT2D eigenvalue weighted by Crippen LogP contribution is -2.43. The van der Waals surface area contributed by atoms with Gasteiger partial charge in [0, 0.05) is 64.0 Å². The summed E-state index contributed by atoms with van der Waals surface area (Å²) in [4.78, 5) is 29.1. The van der Waals surface area contributed by atoms with Gasteiger partial charge in [-0.25, -0.2) is 9.59 Å². The van der Waals surface area contributed by atoms with Crippen molar-refractivity contribution in [1.29, 1.82) is 0 Å². The molecule has 2 amide bonds. The van der Waals surface area contributed by atoms with Crippen LogP contribution in [0.2, 0.25) is 0 Å². The number of carbonyl (C=O) groups excluding carboxylic acids is 2. The normalized spacial score (nSPS) is 16.0. The van der Waals surface area contributed by atoms with Crippen molar-refractivity contribution in [3.8, 4) is 0 Å². The van der Waals surface area contributed by atoms with Crippen LogP contribution in [0.25, 0.3) is 10.2 Å². The molecule has 0 atom stereocenters. The number of aliphatic hydroxyl groups is 1. The Morgan fingerprint density at radius 3 is 1.90 bits per heavy atom. The number of thiophene rings is 2. The van der Waals surface area contributed by atoms with Gasteiger partial charge in [-0.2, -0.15) is 5.10 Å². The first kappa shape index (κ1) is 44.5. The Morgan fingerprint density at radius 1 is 0.941 bits per heavy atom. The van der Waals surface area contributed by atoms with E-state index in [0.29, 0.717) is 31.5 Å². The SMILES string of the molecule is C.CN/N=C(/c1sccc1Br)C1CCN(C(=O)OC(C)(C)C)CC1.COCCO.Cn1cc(C2CCN(C(=O)OC(C)(C)C)CC2)c2sccc21. The number of carbonyl (C=O) groups is 2. The van der Waals surface area contributed by atoms with E-state index in [1.54, 1.807) is 23.3 Å². The zero-order valence-electron chi connectivity index (χ0n) is 31.1. The average molecular weight is 815 g/mol. The maximum Gasteiger partial charge on any atom is 0.410 e. The number of methoxy groups -OCH3 is 1. The van der Waals surface area contributed by atoms with E-state index in [0.717, 1.165) is 53.8 Å². The number of piperidine rings is 2. The molecule has 2 saturated heterocycles. The predicted molar refractivity (Wildman–Crippen MR) is 214 cm³/mol. The minimum absolute atomic E-state index is 0. The van der Waals surface area contributed by atoms with Gasteiger partial charge in [0.05, 0.1) is 34.0 Å². The minimum Gasteiger partial charge on any atom is -0.444 e. The lowest BCUT2D eigenvalue weighted by Gasteiger charge is -2.33. The molecule has 0 spiro atoms. The summed E-state index contributed by atoms with van der Waals surface area (Å²) in [6.07, 6.45) is 5.66. The molecule has 14 heteroatoms. The van der Waals surface area contributed by atoms with E-state index in [2.05, 4.69) is 65.8 Å². The van der Waals surface area contributed by atoms with Crippen LogP contribution in [0.1, 0.15) is 91.0 Å². The quantitative estimate of drug-likeness (QED) is 0.189. The van der Waals surface area contributed by atoms with Gasteiger partial charge in [-0.3, -0.25) is 0 Å². The Balaban J connectivity index is 0.000000307. The molecule has 11 nitrogen and oxygen atoms in total. The average Bonchev–Trinajstić information content (AvgIpc) is 3.78. The van der Waals surface area contributed by atoms with Crippen molar-refractivity contribution in [2.24, 2.45) is 18.1 Å². The van der Waals surface area contributed by atoms with Gasteiger partial charge < -0.3 is 39.1 Å². The Kier molecular flexibility index (Phi) is 17.9. The summed E-state index contributed by atoms with van der Waals surface area (Å²) in [6.45, 7) is 14.9. The van der Waals surface area contributed by atoms with Gasteiger partial charge in [-0.05, 0) is 118 Å². The third kappa shape index (κ3) is 13.7. The van der Waals surface area contributed by atoms with Crippen molar-refractivity contribution in [3.05, 3.63) is 44.0 Å². The summed E-state index contributed by atoms with van der Waals surface area (Å²) in [5.41, 5.74) is 5.87. The van der Waals surface area contributed by atoms with Gasteiger partial charge in [0.15, 0.2) is 0 Å². The molecule has 3 aromatic heterocycles. The molecule has 0 aliphatic carbocycles. The number of hydrazone groups is 1. The number of aromatic nitrogens is 1. The van der Waals surface area contributed by atoms with E-state index in [9.17, 15) is 9.59 Å². The second kappa shape index (κ2) is 20.6. The van der Waals surface area contributed by atoms with Crippen LogP contribution in [0.5, 0.6) is 0 Å². The van der Waals surface area contributed by atoms with Crippen LogP contribution in [-0.4, -0.2) is 102 Å². The Labute approximate surface area is 321 Å². The Hall–Kier alpha value is -2.65. The molecule has 51 heavy (non-hydrogen) atoms. The van der Waals surface area contributed by atoms with E-state index in [4.69, 9.17) is 14.6 Å². The predicted octanol–water partition coefficient (Wildman–Crippen LogP) is 8.70. The molecular formula is C37H60BrN5O6S2. The molecule has 2 aliphatic heterocycles. The molecule has 2 aliphatic rings.